The lowest BCUT2D eigenvalue weighted by molar-refractivity contribution is -0.136. The Balaban J connectivity index is 0.00000225. The fraction of sp³-hybridized carbons (Fsp3) is 0.400. The molecule has 1 fully saturated rings. The van der Waals surface area contributed by atoms with Crippen LogP contribution in [0.1, 0.15) is 18.6 Å². The van der Waals surface area contributed by atoms with Gasteiger partial charge < -0.3 is 19.8 Å². The molecule has 0 radical (unpaired) electrons. The molecule has 2 N–H and O–H groups in total. The van der Waals surface area contributed by atoms with E-state index in [4.69, 9.17) is 9.15 Å². The zero-order valence-electron chi connectivity index (χ0n) is 15.7. The Morgan fingerprint density at radius 3 is 2.82 bits per heavy atom. The molecule has 0 spiro atoms. The van der Waals surface area contributed by atoms with Gasteiger partial charge in [-0.2, -0.15) is 0 Å². The second kappa shape index (κ2) is 9.05. The number of rotatable bonds is 6. The van der Waals surface area contributed by atoms with Crippen LogP contribution in [-0.4, -0.2) is 37.7 Å². The molecule has 0 saturated carbocycles. The van der Waals surface area contributed by atoms with Crippen LogP contribution in [0, 0.1) is 5.41 Å². The Kier molecular flexibility index (Phi) is 6.72. The number of amides is 1. The molecule has 28 heavy (non-hydrogen) atoms. The molecule has 8 heteroatoms. The lowest BCUT2D eigenvalue weighted by Gasteiger charge is -2.35. The summed E-state index contributed by atoms with van der Waals surface area (Å²) < 4.78 is 12.4. The third-order valence-electron chi connectivity index (χ3n) is 5.05. The number of nitrogens with one attached hydrogen (secondary N) is 2. The lowest BCUT2D eigenvalue weighted by atomic mass is 9.78. The van der Waals surface area contributed by atoms with Crippen LogP contribution in [0.3, 0.4) is 0 Å². The van der Waals surface area contributed by atoms with Gasteiger partial charge in [-0.15, -0.1) is 23.7 Å². The molecule has 1 aromatic carbocycles. The maximum absolute atomic E-state index is 12.8. The highest BCUT2D eigenvalue weighted by Crippen LogP contribution is 2.32. The number of hydrogen-bond donors (Lipinski definition) is 2. The predicted molar refractivity (Wildman–Crippen MR) is 113 cm³/mol. The summed E-state index contributed by atoms with van der Waals surface area (Å²) in [7, 11) is 1.65. The summed E-state index contributed by atoms with van der Waals surface area (Å²) >= 11 is 1.60. The van der Waals surface area contributed by atoms with Gasteiger partial charge in [0.15, 0.2) is 10.8 Å². The monoisotopic (exact) mass is 421 g/mol. The van der Waals surface area contributed by atoms with Gasteiger partial charge in [0.05, 0.1) is 28.8 Å². The third-order valence-corrected chi connectivity index (χ3v) is 6.10. The molecule has 1 amide bonds. The van der Waals surface area contributed by atoms with E-state index >= 15 is 0 Å². The number of benzene rings is 1. The Morgan fingerprint density at radius 2 is 2.07 bits per heavy atom. The summed E-state index contributed by atoms with van der Waals surface area (Å²) in [6.07, 6.45) is 1.56. The number of furan rings is 1. The Morgan fingerprint density at radius 1 is 1.29 bits per heavy atom. The molecule has 0 bridgehead atoms. The standard InChI is InChI=1S/C20H23N3O3S.ClH/c1-25-13-20(8-10-21-11-9-20)19(24)22-12-14-6-7-16(26-14)18-23-15-4-2-3-5-17(15)27-18;/h2-7,21H,8-13H2,1H3,(H,22,24);1H. The molecular formula is C20H24ClN3O3S. The summed E-state index contributed by atoms with van der Waals surface area (Å²) in [5, 5.41) is 7.18. The van der Waals surface area contributed by atoms with E-state index in [0.717, 1.165) is 52.7 Å². The van der Waals surface area contributed by atoms with Crippen LogP contribution in [-0.2, 0) is 16.1 Å². The lowest BCUT2D eigenvalue weighted by Crippen LogP contribution is -2.49. The van der Waals surface area contributed by atoms with E-state index in [1.165, 1.54) is 0 Å². The van der Waals surface area contributed by atoms with Gasteiger partial charge in [-0.25, -0.2) is 4.98 Å². The smallest absolute Gasteiger partial charge is 0.229 e. The molecule has 1 aliphatic heterocycles. The molecule has 1 aliphatic rings. The Labute approximate surface area is 174 Å². The fourth-order valence-corrected chi connectivity index (χ4v) is 4.47. The molecule has 0 atom stereocenters. The first kappa shape index (κ1) is 20.8. The summed E-state index contributed by atoms with van der Waals surface area (Å²) in [4.78, 5) is 17.4. The largest absolute Gasteiger partial charge is 0.457 e. The number of para-hydroxylation sites is 1. The first-order chi connectivity index (χ1) is 13.2. The molecule has 0 aliphatic carbocycles. The maximum atomic E-state index is 12.8. The number of halogens is 1. The second-order valence-corrected chi connectivity index (χ2v) is 7.93. The molecule has 3 heterocycles. The van der Waals surface area contributed by atoms with Crippen molar-refractivity contribution < 1.29 is 13.9 Å². The van der Waals surface area contributed by atoms with Gasteiger partial charge in [0.1, 0.15) is 5.76 Å². The van der Waals surface area contributed by atoms with Crippen molar-refractivity contribution in [3.63, 3.8) is 0 Å². The van der Waals surface area contributed by atoms with E-state index in [1.54, 1.807) is 18.4 Å². The number of ether oxygens (including phenoxy) is 1. The first-order valence-corrected chi connectivity index (χ1v) is 9.94. The highest BCUT2D eigenvalue weighted by Gasteiger charge is 2.39. The van der Waals surface area contributed by atoms with Crippen LogP contribution in [0.2, 0.25) is 0 Å². The van der Waals surface area contributed by atoms with Crippen molar-refractivity contribution in [1.82, 2.24) is 15.6 Å². The zero-order chi connectivity index (χ0) is 18.7. The van der Waals surface area contributed by atoms with E-state index in [2.05, 4.69) is 21.7 Å². The number of carbonyl (C=O) groups excluding carboxylic acids is 1. The van der Waals surface area contributed by atoms with E-state index in [-0.39, 0.29) is 18.3 Å². The first-order valence-electron chi connectivity index (χ1n) is 9.13. The number of nitrogens with zero attached hydrogens (tertiary/aromatic N) is 1. The van der Waals surface area contributed by atoms with Gasteiger partial charge >= 0.3 is 0 Å². The van der Waals surface area contributed by atoms with Crippen LogP contribution in [0.25, 0.3) is 21.0 Å². The van der Waals surface area contributed by atoms with Crippen LogP contribution < -0.4 is 10.6 Å². The van der Waals surface area contributed by atoms with Gasteiger partial charge in [-0.3, -0.25) is 4.79 Å². The van der Waals surface area contributed by atoms with Gasteiger partial charge in [0, 0.05) is 7.11 Å². The molecular weight excluding hydrogens is 398 g/mol. The summed E-state index contributed by atoms with van der Waals surface area (Å²) in [6.45, 7) is 2.47. The van der Waals surface area contributed by atoms with E-state index < -0.39 is 5.41 Å². The number of fused-ring (bicyclic) bond motifs is 1. The maximum Gasteiger partial charge on any atom is 0.229 e. The molecule has 2 aromatic heterocycles. The van der Waals surface area contributed by atoms with Crippen molar-refractivity contribution >= 4 is 39.9 Å². The van der Waals surface area contributed by atoms with Gasteiger partial charge in [0.2, 0.25) is 5.91 Å². The van der Waals surface area contributed by atoms with E-state index in [0.29, 0.717) is 13.2 Å². The Hall–Kier alpha value is -1.93. The van der Waals surface area contributed by atoms with Crippen LogP contribution >= 0.6 is 23.7 Å². The quantitative estimate of drug-likeness (QED) is 0.635. The molecule has 0 unspecified atom stereocenters. The van der Waals surface area contributed by atoms with Crippen LogP contribution in [0.5, 0.6) is 0 Å². The van der Waals surface area contributed by atoms with Crippen molar-refractivity contribution in [3.05, 3.63) is 42.2 Å². The van der Waals surface area contributed by atoms with Gasteiger partial charge in [-0.1, -0.05) is 12.1 Å². The van der Waals surface area contributed by atoms with Crippen molar-refractivity contribution in [3.8, 4) is 10.8 Å². The minimum atomic E-state index is -0.456. The van der Waals surface area contributed by atoms with Crippen molar-refractivity contribution in [2.45, 2.75) is 19.4 Å². The van der Waals surface area contributed by atoms with Crippen molar-refractivity contribution in [1.29, 1.82) is 0 Å². The minimum Gasteiger partial charge on any atom is -0.457 e. The number of thiazole rings is 1. The summed E-state index contributed by atoms with van der Waals surface area (Å²) in [5.41, 5.74) is 0.513. The molecule has 4 rings (SSSR count). The van der Waals surface area contributed by atoms with Crippen LogP contribution in [0.15, 0.2) is 40.8 Å². The fourth-order valence-electron chi connectivity index (χ4n) is 3.54. The topological polar surface area (TPSA) is 76.4 Å². The zero-order valence-corrected chi connectivity index (χ0v) is 17.3. The van der Waals surface area contributed by atoms with E-state index in [9.17, 15) is 4.79 Å². The van der Waals surface area contributed by atoms with E-state index in [1.807, 2.05) is 30.3 Å². The molecule has 6 nitrogen and oxygen atoms in total. The number of piperidine rings is 1. The van der Waals surface area contributed by atoms with Crippen molar-refractivity contribution in [2.75, 3.05) is 26.8 Å². The second-order valence-electron chi connectivity index (χ2n) is 6.90. The normalized spacial score (nSPS) is 15.9. The number of hydrogen-bond acceptors (Lipinski definition) is 6. The number of aromatic nitrogens is 1. The number of carbonyl (C=O) groups is 1. The minimum absolute atomic E-state index is 0. The predicted octanol–water partition coefficient (Wildman–Crippen LogP) is 3.61. The summed E-state index contributed by atoms with van der Waals surface area (Å²) in [5.74, 6) is 1.48. The number of methoxy groups -OCH3 is 1. The average molecular weight is 422 g/mol. The van der Waals surface area contributed by atoms with Gasteiger partial charge in [0.25, 0.3) is 0 Å². The third kappa shape index (κ3) is 4.22. The summed E-state index contributed by atoms with van der Waals surface area (Å²) in [6, 6.07) is 11.8. The van der Waals surface area contributed by atoms with Crippen molar-refractivity contribution in [2.24, 2.45) is 5.41 Å². The highest BCUT2D eigenvalue weighted by molar-refractivity contribution is 7.21. The van der Waals surface area contributed by atoms with Gasteiger partial charge in [-0.05, 0) is 50.2 Å². The highest BCUT2D eigenvalue weighted by atomic mass is 35.5. The molecule has 1 saturated heterocycles. The molecule has 150 valence electrons. The Bertz CT molecular complexity index is 895. The SMILES string of the molecule is COCC1(C(=O)NCc2ccc(-c3nc4ccccc4s3)o2)CCNCC1.Cl. The average Bonchev–Trinajstić information content (AvgIpc) is 3.33. The molecule has 3 aromatic rings. The van der Waals surface area contributed by atoms with Crippen LogP contribution in [0.4, 0.5) is 0 Å².